The lowest BCUT2D eigenvalue weighted by Gasteiger charge is -2.14. The Labute approximate surface area is 109 Å². The topological polar surface area (TPSA) is 38.3 Å². The third-order valence-electron chi connectivity index (χ3n) is 2.65. The number of ether oxygens (including phenoxy) is 1. The Hall–Kier alpha value is -1.77. The zero-order valence-electron chi connectivity index (χ0n) is 11.3. The smallest absolute Gasteiger partial charge is 0.261 e. The summed E-state index contributed by atoms with van der Waals surface area (Å²) in [6, 6.07) is 7.84. The SMILES string of the molecule is C=CCNC(=O)[C@H](C)Oc1ccc(C(C)C)cc1. The first-order chi connectivity index (χ1) is 8.54. The van der Waals surface area contributed by atoms with Crippen LogP contribution in [-0.4, -0.2) is 18.6 Å². The Morgan fingerprint density at radius 3 is 2.44 bits per heavy atom. The predicted octanol–water partition coefficient (Wildman–Crippen LogP) is 2.88. The van der Waals surface area contributed by atoms with Crippen molar-refractivity contribution in [2.24, 2.45) is 0 Å². The molecule has 3 heteroatoms. The van der Waals surface area contributed by atoms with Gasteiger partial charge in [-0.15, -0.1) is 6.58 Å². The molecular formula is C15H21NO2. The molecule has 0 aliphatic heterocycles. The molecule has 1 aromatic carbocycles. The lowest BCUT2D eigenvalue weighted by Crippen LogP contribution is -2.36. The molecule has 0 saturated carbocycles. The van der Waals surface area contributed by atoms with Gasteiger partial charge in [0.25, 0.3) is 5.91 Å². The zero-order valence-corrected chi connectivity index (χ0v) is 11.3. The predicted molar refractivity (Wildman–Crippen MR) is 73.8 cm³/mol. The van der Waals surface area contributed by atoms with E-state index in [0.29, 0.717) is 18.2 Å². The highest BCUT2D eigenvalue weighted by molar-refractivity contribution is 5.80. The summed E-state index contributed by atoms with van der Waals surface area (Å²) in [5.41, 5.74) is 1.26. The van der Waals surface area contributed by atoms with Crippen LogP contribution in [0.5, 0.6) is 5.75 Å². The summed E-state index contributed by atoms with van der Waals surface area (Å²) >= 11 is 0. The first kappa shape index (κ1) is 14.3. The molecule has 0 heterocycles. The molecule has 0 radical (unpaired) electrons. The van der Waals surface area contributed by atoms with Crippen molar-refractivity contribution in [3.63, 3.8) is 0 Å². The second-order valence-corrected chi connectivity index (χ2v) is 4.52. The fourth-order valence-electron chi connectivity index (χ4n) is 1.51. The normalized spacial score (nSPS) is 12.0. The molecule has 0 bridgehead atoms. The maximum Gasteiger partial charge on any atom is 0.261 e. The third-order valence-corrected chi connectivity index (χ3v) is 2.65. The van der Waals surface area contributed by atoms with Crippen LogP contribution in [-0.2, 0) is 4.79 Å². The fourth-order valence-corrected chi connectivity index (χ4v) is 1.51. The Morgan fingerprint density at radius 1 is 1.33 bits per heavy atom. The number of rotatable bonds is 6. The van der Waals surface area contributed by atoms with Gasteiger partial charge in [-0.25, -0.2) is 0 Å². The molecule has 1 atom stereocenters. The average Bonchev–Trinajstić information content (AvgIpc) is 2.36. The third kappa shape index (κ3) is 4.24. The van der Waals surface area contributed by atoms with E-state index in [2.05, 4.69) is 25.7 Å². The van der Waals surface area contributed by atoms with E-state index in [0.717, 1.165) is 0 Å². The number of carbonyl (C=O) groups is 1. The maximum absolute atomic E-state index is 11.6. The number of hydrogen-bond donors (Lipinski definition) is 1. The molecule has 0 spiro atoms. The fraction of sp³-hybridized carbons (Fsp3) is 0.400. The molecule has 0 aromatic heterocycles. The van der Waals surface area contributed by atoms with Gasteiger partial charge in [-0.2, -0.15) is 0 Å². The summed E-state index contributed by atoms with van der Waals surface area (Å²) in [4.78, 5) is 11.6. The van der Waals surface area contributed by atoms with Crippen LogP contribution in [0.2, 0.25) is 0 Å². The van der Waals surface area contributed by atoms with Crippen molar-refractivity contribution in [2.45, 2.75) is 32.8 Å². The van der Waals surface area contributed by atoms with Crippen LogP contribution in [0.25, 0.3) is 0 Å². The minimum Gasteiger partial charge on any atom is -0.481 e. The lowest BCUT2D eigenvalue weighted by atomic mass is 10.0. The number of hydrogen-bond acceptors (Lipinski definition) is 2. The van der Waals surface area contributed by atoms with Gasteiger partial charge in [0.15, 0.2) is 6.10 Å². The highest BCUT2D eigenvalue weighted by Crippen LogP contribution is 2.19. The largest absolute Gasteiger partial charge is 0.481 e. The Kier molecular flexibility index (Phi) is 5.43. The molecule has 1 amide bonds. The van der Waals surface area contributed by atoms with E-state index in [4.69, 9.17) is 4.74 Å². The Bertz CT molecular complexity index is 395. The van der Waals surface area contributed by atoms with Gasteiger partial charge in [0.2, 0.25) is 0 Å². The number of benzene rings is 1. The highest BCUT2D eigenvalue weighted by Gasteiger charge is 2.13. The molecule has 98 valence electrons. The molecule has 0 aliphatic carbocycles. The van der Waals surface area contributed by atoms with Crippen LogP contribution in [0.15, 0.2) is 36.9 Å². The summed E-state index contributed by atoms with van der Waals surface area (Å²) in [7, 11) is 0. The number of amides is 1. The lowest BCUT2D eigenvalue weighted by molar-refractivity contribution is -0.127. The van der Waals surface area contributed by atoms with Crippen molar-refractivity contribution < 1.29 is 9.53 Å². The van der Waals surface area contributed by atoms with Gasteiger partial charge in [0, 0.05) is 6.54 Å². The summed E-state index contributed by atoms with van der Waals surface area (Å²) in [6.45, 7) is 10.0. The molecule has 18 heavy (non-hydrogen) atoms. The van der Waals surface area contributed by atoms with Gasteiger partial charge >= 0.3 is 0 Å². The highest BCUT2D eigenvalue weighted by atomic mass is 16.5. The first-order valence-electron chi connectivity index (χ1n) is 6.19. The van der Waals surface area contributed by atoms with Crippen LogP contribution in [0.4, 0.5) is 0 Å². The van der Waals surface area contributed by atoms with E-state index >= 15 is 0 Å². The minimum absolute atomic E-state index is 0.136. The maximum atomic E-state index is 11.6. The molecule has 3 nitrogen and oxygen atoms in total. The van der Waals surface area contributed by atoms with Crippen molar-refractivity contribution in [2.75, 3.05) is 6.54 Å². The molecule has 0 unspecified atom stereocenters. The second-order valence-electron chi connectivity index (χ2n) is 4.52. The quantitative estimate of drug-likeness (QED) is 0.785. The van der Waals surface area contributed by atoms with Crippen molar-refractivity contribution in [1.82, 2.24) is 5.32 Å². The molecular weight excluding hydrogens is 226 g/mol. The van der Waals surface area contributed by atoms with Crippen LogP contribution >= 0.6 is 0 Å². The van der Waals surface area contributed by atoms with Gasteiger partial charge < -0.3 is 10.1 Å². The number of nitrogens with one attached hydrogen (secondary N) is 1. The van der Waals surface area contributed by atoms with Gasteiger partial charge in [-0.05, 0) is 30.5 Å². The van der Waals surface area contributed by atoms with E-state index < -0.39 is 6.10 Å². The van der Waals surface area contributed by atoms with Crippen molar-refractivity contribution in [1.29, 1.82) is 0 Å². The van der Waals surface area contributed by atoms with Crippen LogP contribution < -0.4 is 10.1 Å². The van der Waals surface area contributed by atoms with E-state index in [1.807, 2.05) is 24.3 Å². The molecule has 1 N–H and O–H groups in total. The van der Waals surface area contributed by atoms with Crippen LogP contribution in [0, 0.1) is 0 Å². The van der Waals surface area contributed by atoms with Crippen molar-refractivity contribution >= 4 is 5.91 Å². The molecule has 0 fully saturated rings. The molecule has 1 aromatic rings. The van der Waals surface area contributed by atoms with E-state index in [1.54, 1.807) is 13.0 Å². The van der Waals surface area contributed by atoms with Crippen molar-refractivity contribution in [3.05, 3.63) is 42.5 Å². The van der Waals surface area contributed by atoms with E-state index in [9.17, 15) is 4.79 Å². The standard InChI is InChI=1S/C15H21NO2/c1-5-10-16-15(17)12(4)18-14-8-6-13(7-9-14)11(2)3/h5-9,11-12H,1,10H2,2-4H3,(H,16,17)/t12-/m0/s1. The zero-order chi connectivity index (χ0) is 13.5. The molecule has 1 rings (SSSR count). The monoisotopic (exact) mass is 247 g/mol. The second kappa shape index (κ2) is 6.84. The Morgan fingerprint density at radius 2 is 1.94 bits per heavy atom. The van der Waals surface area contributed by atoms with Gasteiger partial charge in [0.1, 0.15) is 5.75 Å². The summed E-state index contributed by atoms with van der Waals surface area (Å²) in [6.07, 6.45) is 1.14. The van der Waals surface area contributed by atoms with Gasteiger partial charge in [0.05, 0.1) is 0 Å². The summed E-state index contributed by atoms with van der Waals surface area (Å²) < 4.78 is 5.56. The molecule has 0 aliphatic rings. The van der Waals surface area contributed by atoms with Crippen molar-refractivity contribution in [3.8, 4) is 5.75 Å². The first-order valence-corrected chi connectivity index (χ1v) is 6.19. The van der Waals surface area contributed by atoms with Crippen LogP contribution in [0.3, 0.4) is 0 Å². The van der Waals surface area contributed by atoms with E-state index in [1.165, 1.54) is 5.56 Å². The van der Waals surface area contributed by atoms with Gasteiger partial charge in [-0.3, -0.25) is 4.79 Å². The Balaban J connectivity index is 2.56. The molecule has 0 saturated heterocycles. The van der Waals surface area contributed by atoms with E-state index in [-0.39, 0.29) is 5.91 Å². The minimum atomic E-state index is -0.505. The van der Waals surface area contributed by atoms with Crippen LogP contribution in [0.1, 0.15) is 32.3 Å². The summed E-state index contributed by atoms with van der Waals surface area (Å²) in [5, 5.41) is 2.70. The van der Waals surface area contributed by atoms with Gasteiger partial charge in [-0.1, -0.05) is 32.1 Å². The average molecular weight is 247 g/mol. The summed E-state index contributed by atoms with van der Waals surface area (Å²) in [5.74, 6) is 1.07. The number of carbonyl (C=O) groups excluding carboxylic acids is 1.